The number of halogens is 8. The molecule has 0 aromatic rings. The summed E-state index contributed by atoms with van der Waals surface area (Å²) in [7, 11) is 0. The molecular formula is C24H26F8O3. The Morgan fingerprint density at radius 2 is 1.60 bits per heavy atom. The highest BCUT2D eigenvalue weighted by Crippen LogP contribution is 2.48. The molecule has 1 heterocycles. The predicted molar refractivity (Wildman–Crippen MR) is 109 cm³/mol. The lowest BCUT2D eigenvalue weighted by Crippen LogP contribution is -2.42. The zero-order chi connectivity index (χ0) is 25.5. The van der Waals surface area contributed by atoms with E-state index in [1.54, 1.807) is 0 Å². The lowest BCUT2D eigenvalue weighted by Gasteiger charge is -2.38. The van der Waals surface area contributed by atoms with Crippen molar-refractivity contribution in [2.45, 2.75) is 57.3 Å². The summed E-state index contributed by atoms with van der Waals surface area (Å²) >= 11 is 0. The van der Waals surface area contributed by atoms with Gasteiger partial charge in [0.25, 0.3) is 0 Å². The summed E-state index contributed by atoms with van der Waals surface area (Å²) in [6, 6.07) is 0. The van der Waals surface area contributed by atoms with Crippen LogP contribution in [0.2, 0.25) is 0 Å². The second-order valence-electron chi connectivity index (χ2n) is 9.63. The Labute approximate surface area is 197 Å². The Hall–Kier alpha value is -1.88. The van der Waals surface area contributed by atoms with Crippen molar-refractivity contribution < 1.29 is 49.3 Å². The van der Waals surface area contributed by atoms with Crippen LogP contribution in [0.3, 0.4) is 0 Å². The molecule has 0 radical (unpaired) electrons. The van der Waals surface area contributed by atoms with E-state index in [-0.39, 0.29) is 24.3 Å². The first-order valence-electron chi connectivity index (χ1n) is 11.5. The number of hydrogen-bond acceptors (Lipinski definition) is 3. The number of hydrogen-bond donors (Lipinski definition) is 0. The van der Waals surface area contributed by atoms with Gasteiger partial charge >= 0.3 is 6.11 Å². The third-order valence-electron chi connectivity index (χ3n) is 6.82. The maximum Gasteiger partial charge on any atom is 0.409 e. The smallest absolute Gasteiger partial charge is 0.409 e. The van der Waals surface area contributed by atoms with Gasteiger partial charge in [-0.15, -0.1) is 0 Å². The highest BCUT2D eigenvalue weighted by Gasteiger charge is 2.54. The van der Waals surface area contributed by atoms with Gasteiger partial charge in [0.1, 0.15) is 29.5 Å². The fraction of sp³-hybridized carbons (Fsp3) is 0.667. The highest BCUT2D eigenvalue weighted by atomic mass is 19.3. The number of alkyl halides is 4. The Morgan fingerprint density at radius 1 is 0.943 bits per heavy atom. The van der Waals surface area contributed by atoms with Crippen LogP contribution in [0.1, 0.15) is 32.6 Å². The third-order valence-corrected chi connectivity index (χ3v) is 6.82. The first-order chi connectivity index (χ1) is 16.5. The van der Waals surface area contributed by atoms with Crippen molar-refractivity contribution in [3.8, 4) is 0 Å². The number of ether oxygens (including phenoxy) is 3. The van der Waals surface area contributed by atoms with Gasteiger partial charge in [0, 0.05) is 30.3 Å². The van der Waals surface area contributed by atoms with Gasteiger partial charge in [-0.25, -0.2) is 26.3 Å². The molecule has 1 fully saturated rings. The normalized spacial score (nSPS) is 39.1. The molecule has 3 aliphatic carbocycles. The average Bonchev–Trinajstić information content (AvgIpc) is 2.76. The Morgan fingerprint density at radius 3 is 2.20 bits per heavy atom. The molecule has 0 N–H and O–H groups in total. The summed E-state index contributed by atoms with van der Waals surface area (Å²) in [6.07, 6.45) is -8.84. The van der Waals surface area contributed by atoms with E-state index in [2.05, 4.69) is 4.74 Å². The van der Waals surface area contributed by atoms with Gasteiger partial charge in [-0.2, -0.15) is 8.78 Å². The van der Waals surface area contributed by atoms with Crippen LogP contribution in [-0.2, 0) is 14.2 Å². The Bertz CT molecular complexity index is 922. The molecule has 0 amide bonds. The molecule has 0 bridgehead atoms. The largest absolute Gasteiger partial charge is 0.436 e. The van der Waals surface area contributed by atoms with Crippen LogP contribution in [0.15, 0.2) is 47.3 Å². The van der Waals surface area contributed by atoms with Crippen LogP contribution in [0, 0.1) is 29.6 Å². The van der Waals surface area contributed by atoms with Gasteiger partial charge in [0.15, 0.2) is 24.1 Å². The quantitative estimate of drug-likeness (QED) is 0.367. The molecule has 1 aliphatic heterocycles. The van der Waals surface area contributed by atoms with E-state index in [4.69, 9.17) is 9.47 Å². The van der Waals surface area contributed by atoms with E-state index in [1.165, 1.54) is 6.08 Å². The predicted octanol–water partition coefficient (Wildman–Crippen LogP) is 7.09. The molecule has 0 aromatic heterocycles. The molecule has 196 valence electrons. The fourth-order valence-corrected chi connectivity index (χ4v) is 5.01. The molecule has 0 spiro atoms. The molecule has 1 saturated heterocycles. The summed E-state index contributed by atoms with van der Waals surface area (Å²) in [6.45, 7) is 2.89. The lowest BCUT2D eigenvalue weighted by atomic mass is 9.73. The zero-order valence-corrected chi connectivity index (χ0v) is 18.8. The molecule has 6 atom stereocenters. The van der Waals surface area contributed by atoms with Gasteiger partial charge in [0.05, 0.1) is 13.2 Å². The van der Waals surface area contributed by atoms with Crippen molar-refractivity contribution >= 4 is 0 Å². The van der Waals surface area contributed by atoms with Crippen molar-refractivity contribution in [3.63, 3.8) is 0 Å². The molecule has 4 aliphatic rings. The standard InChI is InChI=1S/C24H26F8O3/c1-11-9-33-23(34-10-11)12-2-3-15(16(25)4-12)13-5-17(26)21(18(27)6-13)24(31,32)35-14-7-19(28)22(30)20(29)8-14/h4-5,7,11-13,15,18,20-21,23H,2-3,6,8-10H2,1H3. The molecular weight excluding hydrogens is 488 g/mol. The Balaban J connectivity index is 1.45. The topological polar surface area (TPSA) is 27.7 Å². The van der Waals surface area contributed by atoms with Gasteiger partial charge in [0.2, 0.25) is 0 Å². The molecule has 4 rings (SSSR count). The minimum Gasteiger partial charge on any atom is -0.436 e. The van der Waals surface area contributed by atoms with Crippen LogP contribution >= 0.6 is 0 Å². The Kier molecular flexibility index (Phi) is 7.66. The van der Waals surface area contributed by atoms with E-state index in [0.29, 0.717) is 19.6 Å². The molecule has 3 nitrogen and oxygen atoms in total. The second kappa shape index (κ2) is 10.2. The van der Waals surface area contributed by atoms with E-state index in [0.717, 1.165) is 6.08 Å². The fourth-order valence-electron chi connectivity index (χ4n) is 5.01. The van der Waals surface area contributed by atoms with Crippen LogP contribution in [0.4, 0.5) is 35.1 Å². The zero-order valence-electron chi connectivity index (χ0n) is 18.8. The van der Waals surface area contributed by atoms with Crippen LogP contribution in [0.25, 0.3) is 0 Å². The molecule has 11 heteroatoms. The summed E-state index contributed by atoms with van der Waals surface area (Å²) in [4.78, 5) is 0. The van der Waals surface area contributed by atoms with Crippen LogP contribution in [0.5, 0.6) is 0 Å². The van der Waals surface area contributed by atoms with E-state index in [1.807, 2.05) is 6.92 Å². The van der Waals surface area contributed by atoms with Crippen molar-refractivity contribution in [2.75, 3.05) is 13.2 Å². The SMILES string of the molecule is CC1COC(C2C=C(F)C(C3C=C(F)C(C(F)(F)OC4=CC(F)=C(F)C(F)C4)C(F)C3)CC2)OC1. The molecule has 0 saturated carbocycles. The number of rotatable bonds is 5. The van der Waals surface area contributed by atoms with Crippen molar-refractivity contribution in [1.82, 2.24) is 0 Å². The number of allylic oxidation sites excluding steroid dienone is 6. The van der Waals surface area contributed by atoms with E-state index in [9.17, 15) is 35.1 Å². The minimum atomic E-state index is -4.51. The van der Waals surface area contributed by atoms with E-state index >= 15 is 0 Å². The van der Waals surface area contributed by atoms with Crippen molar-refractivity contribution in [2.24, 2.45) is 29.6 Å². The van der Waals surface area contributed by atoms with Gasteiger partial charge in [-0.3, -0.25) is 0 Å². The summed E-state index contributed by atoms with van der Waals surface area (Å²) in [5.41, 5.74) is 0. The van der Waals surface area contributed by atoms with Gasteiger partial charge < -0.3 is 14.2 Å². The molecule has 0 aromatic carbocycles. The van der Waals surface area contributed by atoms with Gasteiger partial charge in [-0.1, -0.05) is 6.92 Å². The lowest BCUT2D eigenvalue weighted by molar-refractivity contribution is -0.259. The summed E-state index contributed by atoms with van der Waals surface area (Å²) in [5, 5.41) is 0. The van der Waals surface area contributed by atoms with Crippen LogP contribution in [-0.4, -0.2) is 38.0 Å². The second-order valence-corrected chi connectivity index (χ2v) is 9.63. The average molecular weight is 514 g/mol. The van der Waals surface area contributed by atoms with Crippen molar-refractivity contribution in [3.05, 3.63) is 47.3 Å². The minimum absolute atomic E-state index is 0.215. The maximum absolute atomic E-state index is 14.9. The third kappa shape index (κ3) is 5.60. The molecule has 35 heavy (non-hydrogen) atoms. The highest BCUT2D eigenvalue weighted by molar-refractivity contribution is 5.27. The van der Waals surface area contributed by atoms with E-state index < -0.39 is 84.4 Å². The first kappa shape index (κ1) is 26.2. The molecule has 6 unspecified atom stereocenters. The monoisotopic (exact) mass is 514 g/mol. The van der Waals surface area contributed by atoms with Crippen molar-refractivity contribution in [1.29, 1.82) is 0 Å². The van der Waals surface area contributed by atoms with Crippen LogP contribution < -0.4 is 0 Å². The van der Waals surface area contributed by atoms with Gasteiger partial charge in [-0.05, 0) is 37.3 Å². The summed E-state index contributed by atoms with van der Waals surface area (Å²) in [5.74, 6) is -11.4. The first-order valence-corrected chi connectivity index (χ1v) is 11.5. The summed E-state index contributed by atoms with van der Waals surface area (Å²) < 4.78 is 129. The maximum atomic E-state index is 14.9.